The predicted molar refractivity (Wildman–Crippen MR) is 89.9 cm³/mol. The van der Waals surface area contributed by atoms with Gasteiger partial charge in [0, 0.05) is 22.9 Å². The van der Waals surface area contributed by atoms with Crippen molar-refractivity contribution >= 4 is 37.3 Å². The van der Waals surface area contributed by atoms with Crippen molar-refractivity contribution in [1.82, 2.24) is 4.31 Å². The lowest BCUT2D eigenvalue weighted by Crippen LogP contribution is -2.25. The zero-order chi connectivity index (χ0) is 15.5. The Morgan fingerprint density at radius 1 is 1.19 bits per heavy atom. The van der Waals surface area contributed by atoms with Gasteiger partial charge in [-0.15, -0.1) is 11.3 Å². The van der Waals surface area contributed by atoms with Gasteiger partial charge in [0.1, 0.15) is 4.21 Å². The third kappa shape index (κ3) is 4.14. The number of benzene rings is 1. The summed E-state index contributed by atoms with van der Waals surface area (Å²) < 4.78 is 27.7. The Balaban J connectivity index is 2.15. The molecule has 7 heteroatoms. The van der Waals surface area contributed by atoms with Crippen LogP contribution in [0, 0.1) is 0 Å². The highest BCUT2D eigenvalue weighted by Gasteiger charge is 2.22. The Morgan fingerprint density at radius 3 is 2.48 bits per heavy atom. The van der Waals surface area contributed by atoms with Crippen LogP contribution in [0.3, 0.4) is 0 Å². The van der Waals surface area contributed by atoms with Crippen molar-refractivity contribution in [1.29, 1.82) is 0 Å². The van der Waals surface area contributed by atoms with Crippen LogP contribution in [0.15, 0.2) is 45.1 Å². The van der Waals surface area contributed by atoms with E-state index in [0.29, 0.717) is 23.7 Å². The number of hydrogen-bond acceptors (Lipinski definition) is 4. The minimum absolute atomic E-state index is 0.347. The highest BCUT2D eigenvalue weighted by molar-refractivity contribution is 9.10. The quantitative estimate of drug-likeness (QED) is 0.827. The van der Waals surface area contributed by atoms with Crippen LogP contribution in [0.25, 0.3) is 0 Å². The molecule has 0 aliphatic carbocycles. The van der Waals surface area contributed by atoms with Crippen molar-refractivity contribution in [2.24, 2.45) is 5.73 Å². The van der Waals surface area contributed by atoms with Gasteiger partial charge in [-0.05, 0) is 42.8 Å². The van der Waals surface area contributed by atoms with E-state index in [4.69, 9.17) is 5.73 Å². The lowest BCUT2D eigenvalue weighted by atomic mass is 10.2. The van der Waals surface area contributed by atoms with E-state index in [-0.39, 0.29) is 0 Å². The minimum atomic E-state index is -3.45. The monoisotopic (exact) mass is 388 g/mol. The van der Waals surface area contributed by atoms with E-state index in [1.165, 1.54) is 15.6 Å². The number of nitrogens with zero attached hydrogens (tertiary/aromatic N) is 1. The molecule has 0 amide bonds. The minimum Gasteiger partial charge on any atom is -0.330 e. The number of rotatable bonds is 6. The molecule has 2 rings (SSSR count). The molecule has 1 heterocycles. The summed E-state index contributed by atoms with van der Waals surface area (Å²) in [4.78, 5) is 0.994. The van der Waals surface area contributed by atoms with Crippen LogP contribution in [0.4, 0.5) is 0 Å². The molecule has 0 saturated carbocycles. The summed E-state index contributed by atoms with van der Waals surface area (Å²) in [6.07, 6.45) is 0.705. The molecule has 1 aromatic heterocycles. The van der Waals surface area contributed by atoms with Gasteiger partial charge in [-0.2, -0.15) is 4.31 Å². The second-order valence-electron chi connectivity index (χ2n) is 4.65. The summed E-state index contributed by atoms with van der Waals surface area (Å²) in [5.41, 5.74) is 6.44. The highest BCUT2D eigenvalue weighted by atomic mass is 79.9. The first-order valence-electron chi connectivity index (χ1n) is 6.43. The summed E-state index contributed by atoms with van der Waals surface area (Å²) in [5, 5.41) is 0. The maximum Gasteiger partial charge on any atom is 0.252 e. The van der Waals surface area contributed by atoms with Crippen LogP contribution < -0.4 is 5.73 Å². The topological polar surface area (TPSA) is 63.4 Å². The van der Waals surface area contributed by atoms with Crippen LogP contribution >= 0.6 is 27.3 Å². The zero-order valence-corrected chi connectivity index (χ0v) is 14.8. The lowest BCUT2D eigenvalue weighted by Gasteiger charge is -2.16. The average Bonchev–Trinajstić information content (AvgIpc) is 2.91. The SMILES string of the molecule is CN(Cc1ccc(Br)cc1)S(=O)(=O)c1ccc(CCN)s1. The molecule has 0 aliphatic rings. The van der Waals surface area contributed by atoms with Gasteiger partial charge in [0.05, 0.1) is 0 Å². The molecule has 21 heavy (non-hydrogen) atoms. The number of halogens is 1. The molecule has 0 bridgehead atoms. The fourth-order valence-electron chi connectivity index (χ4n) is 1.86. The Kier molecular flexibility index (Phi) is 5.56. The van der Waals surface area contributed by atoms with E-state index in [1.807, 2.05) is 30.3 Å². The summed E-state index contributed by atoms with van der Waals surface area (Å²) in [6, 6.07) is 11.1. The van der Waals surface area contributed by atoms with Gasteiger partial charge in [-0.3, -0.25) is 0 Å². The molecule has 0 fully saturated rings. The maximum absolute atomic E-state index is 12.5. The summed E-state index contributed by atoms with van der Waals surface area (Å²) >= 11 is 4.65. The Morgan fingerprint density at radius 2 is 1.86 bits per heavy atom. The highest BCUT2D eigenvalue weighted by Crippen LogP contribution is 2.25. The molecular formula is C14H17BrN2O2S2. The largest absolute Gasteiger partial charge is 0.330 e. The van der Waals surface area contributed by atoms with E-state index < -0.39 is 10.0 Å². The van der Waals surface area contributed by atoms with Gasteiger partial charge in [0.15, 0.2) is 0 Å². The number of hydrogen-bond donors (Lipinski definition) is 1. The van der Waals surface area contributed by atoms with Gasteiger partial charge in [-0.25, -0.2) is 8.42 Å². The van der Waals surface area contributed by atoms with Crippen LogP contribution in [0.1, 0.15) is 10.4 Å². The standard InChI is InChI=1S/C14H17BrN2O2S2/c1-17(10-11-2-4-12(15)5-3-11)21(18,19)14-7-6-13(20-14)8-9-16/h2-7H,8-10,16H2,1H3. The Labute approximate surface area is 137 Å². The molecule has 0 aliphatic heterocycles. The second-order valence-corrected chi connectivity index (χ2v) is 9.00. The van der Waals surface area contributed by atoms with E-state index in [9.17, 15) is 8.42 Å². The molecule has 0 atom stereocenters. The predicted octanol–water partition coefficient (Wildman–Crippen LogP) is 2.83. The van der Waals surface area contributed by atoms with E-state index >= 15 is 0 Å². The van der Waals surface area contributed by atoms with E-state index in [1.54, 1.807) is 13.1 Å². The van der Waals surface area contributed by atoms with Gasteiger partial charge in [0.25, 0.3) is 10.0 Å². The van der Waals surface area contributed by atoms with E-state index in [0.717, 1.165) is 14.9 Å². The Hall–Kier alpha value is -0.730. The molecule has 2 aromatic rings. The molecule has 114 valence electrons. The average molecular weight is 389 g/mol. The molecule has 2 N–H and O–H groups in total. The van der Waals surface area contributed by atoms with Crippen LogP contribution in [-0.2, 0) is 23.0 Å². The second kappa shape index (κ2) is 7.02. The summed E-state index contributed by atoms with van der Waals surface area (Å²) in [6.45, 7) is 0.870. The van der Waals surface area contributed by atoms with Crippen LogP contribution in [0.5, 0.6) is 0 Å². The third-order valence-electron chi connectivity index (χ3n) is 3.01. The first-order chi connectivity index (χ1) is 9.93. The van der Waals surface area contributed by atoms with Crippen molar-refractivity contribution in [3.05, 3.63) is 51.3 Å². The third-order valence-corrected chi connectivity index (χ3v) is 6.96. The van der Waals surface area contributed by atoms with Crippen molar-refractivity contribution < 1.29 is 8.42 Å². The van der Waals surface area contributed by atoms with E-state index in [2.05, 4.69) is 15.9 Å². The first kappa shape index (κ1) is 16.6. The number of thiophene rings is 1. The molecule has 0 saturated heterocycles. The van der Waals surface area contributed by atoms with Crippen LogP contribution in [-0.4, -0.2) is 26.3 Å². The zero-order valence-electron chi connectivity index (χ0n) is 11.6. The maximum atomic E-state index is 12.5. The first-order valence-corrected chi connectivity index (χ1v) is 9.48. The molecule has 0 radical (unpaired) electrons. The van der Waals surface area contributed by atoms with Gasteiger partial charge in [-0.1, -0.05) is 28.1 Å². The smallest absolute Gasteiger partial charge is 0.252 e. The van der Waals surface area contributed by atoms with Crippen LogP contribution in [0.2, 0.25) is 0 Å². The summed E-state index contributed by atoms with van der Waals surface area (Å²) in [5.74, 6) is 0. The van der Waals surface area contributed by atoms with Crippen molar-refractivity contribution in [2.75, 3.05) is 13.6 Å². The number of sulfonamides is 1. The molecule has 0 spiro atoms. The van der Waals surface area contributed by atoms with Gasteiger partial charge >= 0.3 is 0 Å². The fraction of sp³-hybridized carbons (Fsp3) is 0.286. The van der Waals surface area contributed by atoms with Crippen molar-refractivity contribution in [3.63, 3.8) is 0 Å². The van der Waals surface area contributed by atoms with Gasteiger partial charge < -0.3 is 5.73 Å². The fourth-order valence-corrected chi connectivity index (χ4v) is 4.86. The summed E-state index contributed by atoms with van der Waals surface area (Å²) in [7, 11) is -1.85. The van der Waals surface area contributed by atoms with Crippen molar-refractivity contribution in [3.8, 4) is 0 Å². The molecule has 1 aromatic carbocycles. The number of nitrogens with two attached hydrogens (primary N) is 1. The lowest BCUT2D eigenvalue weighted by molar-refractivity contribution is 0.468. The molecule has 4 nitrogen and oxygen atoms in total. The Bertz CT molecular complexity index is 696. The normalized spacial score (nSPS) is 12.0. The van der Waals surface area contributed by atoms with Crippen molar-refractivity contribution in [2.45, 2.75) is 17.2 Å². The molecular weight excluding hydrogens is 372 g/mol. The molecule has 0 unspecified atom stereocenters. The van der Waals surface area contributed by atoms with Gasteiger partial charge in [0.2, 0.25) is 0 Å².